The van der Waals surface area contributed by atoms with Crippen LogP contribution in [0.4, 0.5) is 18.9 Å². The van der Waals surface area contributed by atoms with Crippen LogP contribution in [0.2, 0.25) is 0 Å². The Labute approximate surface area is 86.1 Å². The van der Waals surface area contributed by atoms with E-state index in [9.17, 15) is 13.2 Å². The number of nitrogens with one attached hydrogen (secondary N) is 1. The van der Waals surface area contributed by atoms with E-state index in [0.717, 1.165) is 6.07 Å². The zero-order valence-corrected chi connectivity index (χ0v) is 8.27. The summed E-state index contributed by atoms with van der Waals surface area (Å²) in [5, 5.41) is 2.68. The second-order valence-corrected chi connectivity index (χ2v) is 2.96. The summed E-state index contributed by atoms with van der Waals surface area (Å²) in [6, 6.07) is 5.38. The van der Waals surface area contributed by atoms with Gasteiger partial charge < -0.3 is 10.1 Å². The van der Waals surface area contributed by atoms with Gasteiger partial charge in [-0.1, -0.05) is 12.1 Å². The smallest absolute Gasteiger partial charge is 0.383 e. The molecule has 0 amide bonds. The van der Waals surface area contributed by atoms with Crippen molar-refractivity contribution in [2.24, 2.45) is 0 Å². The van der Waals surface area contributed by atoms with Crippen LogP contribution in [0, 0.1) is 0 Å². The third kappa shape index (κ3) is 3.43. The highest BCUT2D eigenvalue weighted by atomic mass is 19.4. The number of rotatable bonds is 4. The fourth-order valence-corrected chi connectivity index (χ4v) is 1.17. The molecule has 0 atom stereocenters. The van der Waals surface area contributed by atoms with Crippen LogP contribution >= 0.6 is 0 Å². The number of hydrogen-bond acceptors (Lipinski definition) is 2. The van der Waals surface area contributed by atoms with Gasteiger partial charge >= 0.3 is 6.18 Å². The van der Waals surface area contributed by atoms with Gasteiger partial charge in [0, 0.05) is 19.3 Å². The molecule has 1 N–H and O–H groups in total. The van der Waals surface area contributed by atoms with Gasteiger partial charge in [-0.2, -0.15) is 13.2 Å². The molecule has 2 nitrogen and oxygen atoms in total. The maximum Gasteiger partial charge on any atom is 0.418 e. The summed E-state index contributed by atoms with van der Waals surface area (Å²) < 4.78 is 42.2. The SMILES string of the molecule is COCCNc1ccccc1C(F)(F)F. The van der Waals surface area contributed by atoms with Gasteiger partial charge in [0.05, 0.1) is 12.2 Å². The molecule has 1 rings (SSSR count). The monoisotopic (exact) mass is 219 g/mol. The van der Waals surface area contributed by atoms with Crippen molar-refractivity contribution in [2.75, 3.05) is 25.6 Å². The van der Waals surface area contributed by atoms with Crippen molar-refractivity contribution in [3.05, 3.63) is 29.8 Å². The maximum absolute atomic E-state index is 12.5. The van der Waals surface area contributed by atoms with E-state index in [1.807, 2.05) is 0 Å². The molecule has 0 spiro atoms. The molecule has 0 saturated carbocycles. The summed E-state index contributed by atoms with van der Waals surface area (Å²) in [4.78, 5) is 0. The predicted octanol–water partition coefficient (Wildman–Crippen LogP) is 2.76. The Morgan fingerprint density at radius 2 is 1.93 bits per heavy atom. The minimum absolute atomic E-state index is 0.0852. The molecule has 15 heavy (non-hydrogen) atoms. The van der Waals surface area contributed by atoms with Crippen LogP contribution < -0.4 is 5.32 Å². The minimum Gasteiger partial charge on any atom is -0.383 e. The van der Waals surface area contributed by atoms with Gasteiger partial charge in [0.15, 0.2) is 0 Å². The topological polar surface area (TPSA) is 21.3 Å². The van der Waals surface area contributed by atoms with E-state index in [0.29, 0.717) is 13.2 Å². The average molecular weight is 219 g/mol. The Kier molecular flexibility index (Phi) is 3.96. The Hall–Kier alpha value is -1.23. The van der Waals surface area contributed by atoms with Crippen LogP contribution in [0.1, 0.15) is 5.56 Å². The van der Waals surface area contributed by atoms with Gasteiger partial charge in [-0.15, -0.1) is 0 Å². The van der Waals surface area contributed by atoms with E-state index in [1.54, 1.807) is 6.07 Å². The molecular weight excluding hydrogens is 207 g/mol. The van der Waals surface area contributed by atoms with E-state index in [4.69, 9.17) is 4.74 Å². The van der Waals surface area contributed by atoms with Crippen LogP contribution in [-0.2, 0) is 10.9 Å². The molecule has 1 aromatic rings. The van der Waals surface area contributed by atoms with Crippen molar-refractivity contribution in [1.82, 2.24) is 0 Å². The number of benzene rings is 1. The van der Waals surface area contributed by atoms with Crippen LogP contribution in [0.5, 0.6) is 0 Å². The zero-order valence-electron chi connectivity index (χ0n) is 8.27. The summed E-state index contributed by atoms with van der Waals surface area (Å²) in [6.07, 6.45) is -4.32. The maximum atomic E-state index is 12.5. The molecule has 0 aliphatic heterocycles. The van der Waals surface area contributed by atoms with Crippen molar-refractivity contribution >= 4 is 5.69 Å². The highest BCUT2D eigenvalue weighted by Crippen LogP contribution is 2.34. The first-order chi connectivity index (χ1) is 7.05. The first-order valence-corrected chi connectivity index (χ1v) is 4.44. The van der Waals surface area contributed by atoms with Crippen molar-refractivity contribution < 1.29 is 17.9 Å². The third-order valence-electron chi connectivity index (χ3n) is 1.85. The third-order valence-corrected chi connectivity index (χ3v) is 1.85. The Morgan fingerprint density at radius 1 is 1.27 bits per heavy atom. The van der Waals surface area contributed by atoms with E-state index in [-0.39, 0.29) is 5.69 Å². The Bertz CT molecular complexity index is 312. The number of anilines is 1. The van der Waals surface area contributed by atoms with Crippen LogP contribution in [0.3, 0.4) is 0 Å². The molecule has 0 aromatic heterocycles. The number of halogens is 3. The lowest BCUT2D eigenvalue weighted by Crippen LogP contribution is -2.13. The van der Waals surface area contributed by atoms with Crippen LogP contribution in [-0.4, -0.2) is 20.3 Å². The first-order valence-electron chi connectivity index (χ1n) is 4.44. The number of para-hydroxylation sites is 1. The summed E-state index contributed by atoms with van der Waals surface area (Å²) in [6.45, 7) is 0.718. The van der Waals surface area contributed by atoms with Crippen LogP contribution in [0.25, 0.3) is 0 Å². The van der Waals surface area contributed by atoms with Gasteiger partial charge in [-0.3, -0.25) is 0 Å². The largest absolute Gasteiger partial charge is 0.418 e. The average Bonchev–Trinajstić information content (AvgIpc) is 2.17. The van der Waals surface area contributed by atoms with Gasteiger partial charge in [0.25, 0.3) is 0 Å². The quantitative estimate of drug-likeness (QED) is 0.786. The zero-order chi connectivity index (χ0) is 11.3. The number of hydrogen-bond donors (Lipinski definition) is 1. The van der Waals surface area contributed by atoms with Crippen molar-refractivity contribution in [2.45, 2.75) is 6.18 Å². The highest BCUT2D eigenvalue weighted by Gasteiger charge is 2.32. The number of methoxy groups -OCH3 is 1. The molecule has 84 valence electrons. The van der Waals surface area contributed by atoms with Gasteiger partial charge in [0.1, 0.15) is 0 Å². The Morgan fingerprint density at radius 3 is 2.53 bits per heavy atom. The molecule has 0 heterocycles. The fraction of sp³-hybridized carbons (Fsp3) is 0.400. The standard InChI is InChI=1S/C10H12F3NO/c1-15-7-6-14-9-5-3-2-4-8(9)10(11,12)13/h2-5,14H,6-7H2,1H3. The van der Waals surface area contributed by atoms with Crippen molar-refractivity contribution in [3.63, 3.8) is 0 Å². The summed E-state index contributed by atoms with van der Waals surface area (Å²) >= 11 is 0. The van der Waals surface area contributed by atoms with E-state index in [2.05, 4.69) is 5.32 Å². The Balaban J connectivity index is 2.78. The minimum atomic E-state index is -4.32. The van der Waals surface area contributed by atoms with E-state index in [1.165, 1.54) is 19.2 Å². The first kappa shape index (κ1) is 11.8. The number of alkyl halides is 3. The summed E-state index contributed by atoms with van der Waals surface area (Å²) in [5.74, 6) is 0. The lowest BCUT2D eigenvalue weighted by atomic mass is 10.1. The van der Waals surface area contributed by atoms with E-state index >= 15 is 0 Å². The molecule has 0 bridgehead atoms. The molecule has 0 unspecified atom stereocenters. The molecule has 0 saturated heterocycles. The van der Waals surface area contributed by atoms with Crippen LogP contribution in [0.15, 0.2) is 24.3 Å². The van der Waals surface area contributed by atoms with Gasteiger partial charge in [-0.25, -0.2) is 0 Å². The predicted molar refractivity (Wildman–Crippen MR) is 51.8 cm³/mol. The molecule has 5 heteroatoms. The van der Waals surface area contributed by atoms with Crippen molar-refractivity contribution in [1.29, 1.82) is 0 Å². The summed E-state index contributed by atoms with van der Waals surface area (Å²) in [7, 11) is 1.50. The molecule has 0 aliphatic carbocycles. The van der Waals surface area contributed by atoms with E-state index < -0.39 is 11.7 Å². The molecule has 0 aliphatic rings. The molecule has 0 radical (unpaired) electrons. The summed E-state index contributed by atoms with van der Waals surface area (Å²) in [5.41, 5.74) is -0.567. The second kappa shape index (κ2) is 5.02. The molecular formula is C10H12F3NO. The highest BCUT2D eigenvalue weighted by molar-refractivity contribution is 5.52. The van der Waals surface area contributed by atoms with Crippen molar-refractivity contribution in [3.8, 4) is 0 Å². The fourth-order valence-electron chi connectivity index (χ4n) is 1.17. The number of ether oxygens (including phenoxy) is 1. The van der Waals surface area contributed by atoms with Gasteiger partial charge in [-0.05, 0) is 12.1 Å². The second-order valence-electron chi connectivity index (χ2n) is 2.96. The molecule has 1 aromatic carbocycles. The lowest BCUT2D eigenvalue weighted by molar-refractivity contribution is -0.136. The lowest BCUT2D eigenvalue weighted by Gasteiger charge is -2.13. The normalized spacial score (nSPS) is 11.5. The molecule has 0 fully saturated rings. The van der Waals surface area contributed by atoms with Gasteiger partial charge in [0.2, 0.25) is 0 Å².